The molecule has 0 aliphatic rings. The van der Waals surface area contributed by atoms with E-state index >= 15 is 0 Å². The number of hydrogen-bond acceptors (Lipinski definition) is 3. The van der Waals surface area contributed by atoms with Gasteiger partial charge in [-0.2, -0.15) is 0 Å². The third kappa shape index (κ3) is 4.44. The Morgan fingerprint density at radius 2 is 2.14 bits per heavy atom. The van der Waals surface area contributed by atoms with Gasteiger partial charge in [0.15, 0.2) is 0 Å². The zero-order valence-electron chi connectivity index (χ0n) is 12.0. The van der Waals surface area contributed by atoms with Crippen molar-refractivity contribution in [3.05, 3.63) is 46.6 Å². The maximum Gasteiger partial charge on any atom is 0.307 e. The van der Waals surface area contributed by atoms with Crippen LogP contribution in [0.4, 0.5) is 0 Å². The molecule has 2 aromatic rings. The van der Waals surface area contributed by atoms with Gasteiger partial charge in [-0.15, -0.1) is 0 Å². The van der Waals surface area contributed by atoms with Crippen molar-refractivity contribution in [1.29, 1.82) is 0 Å². The van der Waals surface area contributed by atoms with Crippen molar-refractivity contribution in [2.24, 2.45) is 5.92 Å². The average molecular weight is 352 g/mol. The molecular formula is C16H18BrNO3. The number of benzene rings is 1. The molecule has 112 valence electrons. The lowest BCUT2D eigenvalue weighted by Crippen LogP contribution is -2.28. The minimum atomic E-state index is -0.781. The van der Waals surface area contributed by atoms with Crippen LogP contribution in [-0.2, 0) is 11.3 Å². The highest BCUT2D eigenvalue weighted by molar-refractivity contribution is 9.10. The van der Waals surface area contributed by atoms with Crippen molar-refractivity contribution in [2.45, 2.75) is 13.5 Å². The van der Waals surface area contributed by atoms with Crippen LogP contribution < -0.4 is 0 Å². The highest BCUT2D eigenvalue weighted by atomic mass is 79.9. The maximum atomic E-state index is 10.9. The summed E-state index contributed by atoms with van der Waals surface area (Å²) in [6, 6.07) is 11.8. The molecule has 0 aliphatic carbocycles. The van der Waals surface area contributed by atoms with E-state index in [2.05, 4.69) is 15.9 Å². The second-order valence-corrected chi connectivity index (χ2v) is 6.13. The van der Waals surface area contributed by atoms with E-state index in [1.54, 1.807) is 6.92 Å². The zero-order chi connectivity index (χ0) is 15.4. The Hall–Kier alpha value is -1.59. The number of carboxylic acid groups (broad SMARTS) is 1. The first-order valence-electron chi connectivity index (χ1n) is 6.71. The van der Waals surface area contributed by atoms with Crippen LogP contribution >= 0.6 is 15.9 Å². The normalized spacial score (nSPS) is 12.6. The molecule has 0 amide bonds. The van der Waals surface area contributed by atoms with Gasteiger partial charge in [-0.25, -0.2) is 0 Å². The minimum absolute atomic E-state index is 0.394. The SMILES string of the molecule is CC(CN(C)Cc1ccc(-c2cccc(Br)c2)o1)C(=O)O. The summed E-state index contributed by atoms with van der Waals surface area (Å²) < 4.78 is 6.83. The Kier molecular flexibility index (Phi) is 5.20. The molecule has 1 atom stereocenters. The molecule has 1 unspecified atom stereocenters. The van der Waals surface area contributed by atoms with E-state index in [0.717, 1.165) is 21.6 Å². The fraction of sp³-hybridized carbons (Fsp3) is 0.312. The Labute approximate surface area is 132 Å². The topological polar surface area (TPSA) is 53.7 Å². The third-order valence-corrected chi connectivity index (χ3v) is 3.70. The summed E-state index contributed by atoms with van der Waals surface area (Å²) in [4.78, 5) is 12.8. The fourth-order valence-corrected chi connectivity index (χ4v) is 2.54. The zero-order valence-corrected chi connectivity index (χ0v) is 13.6. The predicted octanol–water partition coefficient (Wildman–Crippen LogP) is 3.86. The molecule has 0 saturated heterocycles. The van der Waals surface area contributed by atoms with E-state index in [1.807, 2.05) is 48.3 Å². The first kappa shape index (κ1) is 15.8. The Bertz CT molecular complexity index is 623. The Morgan fingerprint density at radius 3 is 2.81 bits per heavy atom. The highest BCUT2D eigenvalue weighted by Gasteiger charge is 2.15. The van der Waals surface area contributed by atoms with E-state index in [0.29, 0.717) is 13.1 Å². The molecule has 1 aromatic heterocycles. The quantitative estimate of drug-likeness (QED) is 0.858. The summed E-state index contributed by atoms with van der Waals surface area (Å²) in [6.07, 6.45) is 0. The van der Waals surface area contributed by atoms with Crippen molar-refractivity contribution in [2.75, 3.05) is 13.6 Å². The maximum absolute atomic E-state index is 10.9. The van der Waals surface area contributed by atoms with Gasteiger partial charge in [0, 0.05) is 16.6 Å². The second-order valence-electron chi connectivity index (χ2n) is 5.21. The summed E-state index contributed by atoms with van der Waals surface area (Å²) in [5.41, 5.74) is 1.01. The van der Waals surface area contributed by atoms with Crippen LogP contribution in [0.5, 0.6) is 0 Å². The third-order valence-electron chi connectivity index (χ3n) is 3.20. The van der Waals surface area contributed by atoms with Crippen LogP contribution in [0.25, 0.3) is 11.3 Å². The molecule has 0 radical (unpaired) electrons. The van der Waals surface area contributed by atoms with Crippen LogP contribution in [0, 0.1) is 5.92 Å². The number of halogens is 1. The standard InChI is InChI=1S/C16H18BrNO3/c1-11(16(19)20)9-18(2)10-14-6-7-15(21-14)12-4-3-5-13(17)8-12/h3-8,11H,9-10H2,1-2H3,(H,19,20). The van der Waals surface area contributed by atoms with Gasteiger partial charge in [0.25, 0.3) is 0 Å². The number of hydrogen-bond donors (Lipinski definition) is 1. The van der Waals surface area contributed by atoms with Gasteiger partial charge in [0.05, 0.1) is 12.5 Å². The smallest absolute Gasteiger partial charge is 0.307 e. The van der Waals surface area contributed by atoms with Crippen LogP contribution in [0.1, 0.15) is 12.7 Å². The Morgan fingerprint density at radius 1 is 1.38 bits per heavy atom. The van der Waals surface area contributed by atoms with E-state index in [9.17, 15) is 4.79 Å². The van der Waals surface area contributed by atoms with Gasteiger partial charge < -0.3 is 9.52 Å². The number of rotatable bonds is 6. The Balaban J connectivity index is 2.02. The van der Waals surface area contributed by atoms with Crippen LogP contribution in [0.3, 0.4) is 0 Å². The van der Waals surface area contributed by atoms with Crippen LogP contribution in [0.2, 0.25) is 0 Å². The van der Waals surface area contributed by atoms with Crippen molar-refractivity contribution in [1.82, 2.24) is 4.90 Å². The molecule has 0 aliphatic heterocycles. The predicted molar refractivity (Wildman–Crippen MR) is 85.0 cm³/mol. The summed E-state index contributed by atoms with van der Waals surface area (Å²) in [6.45, 7) is 2.78. The molecule has 1 heterocycles. The van der Waals surface area contributed by atoms with Crippen molar-refractivity contribution in [3.8, 4) is 11.3 Å². The molecule has 2 rings (SSSR count). The fourth-order valence-electron chi connectivity index (χ4n) is 2.14. The van der Waals surface area contributed by atoms with Gasteiger partial charge in [0.1, 0.15) is 11.5 Å². The van der Waals surface area contributed by atoms with Crippen molar-refractivity contribution < 1.29 is 14.3 Å². The lowest BCUT2D eigenvalue weighted by atomic mass is 10.2. The molecule has 0 spiro atoms. The molecular weight excluding hydrogens is 334 g/mol. The van der Waals surface area contributed by atoms with Gasteiger partial charge in [-0.3, -0.25) is 9.69 Å². The molecule has 5 heteroatoms. The van der Waals surface area contributed by atoms with Crippen molar-refractivity contribution >= 4 is 21.9 Å². The number of furan rings is 1. The number of carboxylic acids is 1. The average Bonchev–Trinajstić information content (AvgIpc) is 2.86. The number of aliphatic carboxylic acids is 1. The van der Waals surface area contributed by atoms with E-state index in [4.69, 9.17) is 9.52 Å². The molecule has 1 N–H and O–H groups in total. The number of carbonyl (C=O) groups is 1. The van der Waals surface area contributed by atoms with Crippen molar-refractivity contribution in [3.63, 3.8) is 0 Å². The lowest BCUT2D eigenvalue weighted by molar-refractivity contribution is -0.141. The first-order valence-corrected chi connectivity index (χ1v) is 7.51. The number of nitrogens with zero attached hydrogens (tertiary/aromatic N) is 1. The summed E-state index contributed by atoms with van der Waals surface area (Å²) in [5.74, 6) is 0.460. The summed E-state index contributed by atoms with van der Waals surface area (Å²) >= 11 is 3.44. The first-order chi connectivity index (χ1) is 9.95. The largest absolute Gasteiger partial charge is 0.481 e. The lowest BCUT2D eigenvalue weighted by Gasteiger charge is -2.17. The summed E-state index contributed by atoms with van der Waals surface area (Å²) in [7, 11) is 1.89. The molecule has 0 fully saturated rings. The molecule has 0 saturated carbocycles. The highest BCUT2D eigenvalue weighted by Crippen LogP contribution is 2.25. The molecule has 0 bridgehead atoms. The minimum Gasteiger partial charge on any atom is -0.481 e. The van der Waals surface area contributed by atoms with Gasteiger partial charge in [-0.1, -0.05) is 35.0 Å². The van der Waals surface area contributed by atoms with E-state index < -0.39 is 11.9 Å². The van der Waals surface area contributed by atoms with E-state index in [1.165, 1.54) is 0 Å². The molecule has 21 heavy (non-hydrogen) atoms. The molecule has 1 aromatic carbocycles. The summed E-state index contributed by atoms with van der Waals surface area (Å²) in [5, 5.41) is 8.92. The van der Waals surface area contributed by atoms with Gasteiger partial charge in [-0.05, 0) is 31.3 Å². The molecule has 4 nitrogen and oxygen atoms in total. The second kappa shape index (κ2) is 6.91. The van der Waals surface area contributed by atoms with Gasteiger partial charge >= 0.3 is 5.97 Å². The van der Waals surface area contributed by atoms with E-state index in [-0.39, 0.29) is 0 Å². The van der Waals surface area contributed by atoms with Gasteiger partial charge in [0.2, 0.25) is 0 Å². The monoisotopic (exact) mass is 351 g/mol. The van der Waals surface area contributed by atoms with Crippen LogP contribution in [0.15, 0.2) is 45.3 Å². The van der Waals surface area contributed by atoms with Crippen LogP contribution in [-0.4, -0.2) is 29.6 Å².